The quantitative estimate of drug-likeness (QED) is 0.367. The van der Waals surface area contributed by atoms with Crippen LogP contribution < -0.4 is 0 Å². The Kier molecular flexibility index (Phi) is 4.96. The number of hydrogen-bond donors (Lipinski definition) is 0. The van der Waals surface area contributed by atoms with Gasteiger partial charge in [0.2, 0.25) is 0 Å². The highest BCUT2D eigenvalue weighted by Gasteiger charge is 1.75. The predicted molar refractivity (Wildman–Crippen MR) is 24.5 cm³/mol. The minimum atomic E-state index is -0.591. The largest absolute Gasteiger partial charge is 0.392 e. The summed E-state index contributed by atoms with van der Waals surface area (Å²) >= 11 is 0. The van der Waals surface area contributed by atoms with E-state index in [0.717, 1.165) is 6.04 Å². The zero-order valence-corrected chi connectivity index (χ0v) is 4.96. The standard InChI is InChI=1S/C3H8O2Si/c1-5-2-3-6-4/h6H,2-3H2,1H3. The number of ether oxygens (including phenoxy) is 1. The molecule has 0 spiro atoms. The lowest BCUT2D eigenvalue weighted by Crippen LogP contribution is -1.86. The normalized spacial score (nSPS) is 8.17. The van der Waals surface area contributed by atoms with Crippen LogP contribution in [0.2, 0.25) is 6.04 Å². The van der Waals surface area contributed by atoms with Crippen molar-refractivity contribution in [1.82, 2.24) is 0 Å². The second kappa shape index (κ2) is 4.98. The number of hydrogen-bond acceptors (Lipinski definition) is 2. The molecular formula is C3H8O2Si. The highest BCUT2D eigenvalue weighted by atomic mass is 28.2. The molecule has 0 aromatic heterocycles. The Morgan fingerprint density at radius 2 is 2.50 bits per heavy atom. The minimum absolute atomic E-state index is 0.591. The van der Waals surface area contributed by atoms with Gasteiger partial charge in [0.1, 0.15) is 0 Å². The van der Waals surface area contributed by atoms with E-state index in [4.69, 9.17) is 0 Å². The van der Waals surface area contributed by atoms with Gasteiger partial charge in [0.25, 0.3) is 9.41 Å². The van der Waals surface area contributed by atoms with Gasteiger partial charge in [0, 0.05) is 19.8 Å². The Morgan fingerprint density at radius 1 is 1.83 bits per heavy atom. The van der Waals surface area contributed by atoms with Crippen LogP contribution in [0.3, 0.4) is 0 Å². The van der Waals surface area contributed by atoms with Crippen LogP contribution in [0.15, 0.2) is 0 Å². The lowest BCUT2D eigenvalue weighted by Gasteiger charge is -1.83. The van der Waals surface area contributed by atoms with Crippen LogP contribution in [-0.2, 0) is 9.20 Å². The van der Waals surface area contributed by atoms with E-state index in [1.807, 2.05) is 0 Å². The smallest absolute Gasteiger partial charge is 0.263 e. The maximum absolute atomic E-state index is 9.69. The molecule has 0 saturated carbocycles. The Hall–Kier alpha value is -0.0231. The van der Waals surface area contributed by atoms with Gasteiger partial charge < -0.3 is 9.20 Å². The van der Waals surface area contributed by atoms with Gasteiger partial charge in [-0.1, -0.05) is 0 Å². The monoisotopic (exact) mass is 104 g/mol. The minimum Gasteiger partial charge on any atom is -0.392 e. The molecule has 0 amide bonds. The zero-order chi connectivity index (χ0) is 4.83. The van der Waals surface area contributed by atoms with E-state index >= 15 is 0 Å². The van der Waals surface area contributed by atoms with Gasteiger partial charge in [0.15, 0.2) is 0 Å². The summed E-state index contributed by atoms with van der Waals surface area (Å²) in [7, 11) is 1.02. The topological polar surface area (TPSA) is 26.3 Å². The van der Waals surface area contributed by atoms with Gasteiger partial charge in [-0.15, -0.1) is 0 Å². The van der Waals surface area contributed by atoms with Gasteiger partial charge >= 0.3 is 0 Å². The Morgan fingerprint density at radius 3 is 2.67 bits per heavy atom. The molecule has 0 heterocycles. The molecule has 0 aliphatic carbocycles. The fourth-order valence-corrected chi connectivity index (χ4v) is 0.498. The molecule has 0 N–H and O–H groups in total. The third kappa shape index (κ3) is 3.98. The van der Waals surface area contributed by atoms with Crippen LogP contribution >= 0.6 is 0 Å². The average Bonchev–Trinajstić information content (AvgIpc) is 1.61. The first-order chi connectivity index (χ1) is 2.91. The molecule has 36 valence electrons. The molecule has 0 atom stereocenters. The first kappa shape index (κ1) is 5.98. The van der Waals surface area contributed by atoms with Crippen LogP contribution in [0.25, 0.3) is 0 Å². The molecule has 0 unspecified atom stereocenters. The summed E-state index contributed by atoms with van der Waals surface area (Å²) in [5.74, 6) is 0. The maximum Gasteiger partial charge on any atom is 0.263 e. The molecule has 2 nitrogen and oxygen atoms in total. The van der Waals surface area contributed by atoms with Crippen molar-refractivity contribution < 1.29 is 9.20 Å². The van der Waals surface area contributed by atoms with E-state index in [9.17, 15) is 4.46 Å². The van der Waals surface area contributed by atoms with Crippen molar-refractivity contribution in [2.24, 2.45) is 0 Å². The molecule has 0 saturated heterocycles. The van der Waals surface area contributed by atoms with Crippen LogP contribution in [0.1, 0.15) is 0 Å². The van der Waals surface area contributed by atoms with Crippen molar-refractivity contribution >= 4 is 9.41 Å². The molecule has 0 bridgehead atoms. The van der Waals surface area contributed by atoms with Crippen LogP contribution in [0, 0.1) is 0 Å². The summed E-state index contributed by atoms with van der Waals surface area (Å²) in [4.78, 5) is 0. The first-order valence-electron chi connectivity index (χ1n) is 1.84. The molecule has 0 aromatic carbocycles. The van der Waals surface area contributed by atoms with Gasteiger partial charge in [-0.2, -0.15) is 0 Å². The highest BCUT2D eigenvalue weighted by molar-refractivity contribution is 6.16. The van der Waals surface area contributed by atoms with Crippen molar-refractivity contribution in [3.05, 3.63) is 0 Å². The molecule has 3 heteroatoms. The van der Waals surface area contributed by atoms with Gasteiger partial charge in [-0.25, -0.2) is 0 Å². The SMILES string of the molecule is COCC[SiH]=O. The highest BCUT2D eigenvalue weighted by Crippen LogP contribution is 1.69. The predicted octanol–water partition coefficient (Wildman–Crippen LogP) is -0.167. The van der Waals surface area contributed by atoms with Crippen LogP contribution in [0.5, 0.6) is 0 Å². The first-order valence-corrected chi connectivity index (χ1v) is 3.13. The molecule has 0 radical (unpaired) electrons. The van der Waals surface area contributed by atoms with E-state index in [1.165, 1.54) is 0 Å². The molecule has 0 rings (SSSR count). The Labute approximate surface area is 39.4 Å². The van der Waals surface area contributed by atoms with Gasteiger partial charge in [0.05, 0.1) is 0 Å². The summed E-state index contributed by atoms with van der Waals surface area (Å²) in [6.07, 6.45) is 0. The Bertz CT molecular complexity index is 37.8. The van der Waals surface area contributed by atoms with Crippen molar-refractivity contribution in [1.29, 1.82) is 0 Å². The lowest BCUT2D eigenvalue weighted by molar-refractivity contribution is 0.214. The molecule has 6 heavy (non-hydrogen) atoms. The molecule has 0 aromatic rings. The third-order valence-electron chi connectivity index (χ3n) is 0.440. The lowest BCUT2D eigenvalue weighted by atomic mass is 10.9. The van der Waals surface area contributed by atoms with Crippen molar-refractivity contribution in [2.45, 2.75) is 6.04 Å². The fraction of sp³-hybridized carbons (Fsp3) is 1.00. The van der Waals surface area contributed by atoms with E-state index in [-0.39, 0.29) is 0 Å². The second-order valence-electron chi connectivity index (χ2n) is 0.948. The van der Waals surface area contributed by atoms with Gasteiger partial charge in [-0.05, 0) is 0 Å². The van der Waals surface area contributed by atoms with Crippen molar-refractivity contribution in [2.75, 3.05) is 13.7 Å². The summed E-state index contributed by atoms with van der Waals surface area (Å²) < 4.78 is 14.3. The van der Waals surface area contributed by atoms with Crippen molar-refractivity contribution in [3.8, 4) is 0 Å². The summed E-state index contributed by atoms with van der Waals surface area (Å²) in [6, 6.07) is 0.719. The van der Waals surface area contributed by atoms with Crippen molar-refractivity contribution in [3.63, 3.8) is 0 Å². The summed E-state index contributed by atoms with van der Waals surface area (Å²) in [5.41, 5.74) is 0. The van der Waals surface area contributed by atoms with E-state index in [2.05, 4.69) is 4.74 Å². The van der Waals surface area contributed by atoms with E-state index in [1.54, 1.807) is 7.11 Å². The second-order valence-corrected chi connectivity index (χ2v) is 1.86. The van der Waals surface area contributed by atoms with E-state index < -0.39 is 9.41 Å². The molecular weight excluding hydrogens is 96.1 g/mol. The summed E-state index contributed by atoms with van der Waals surface area (Å²) in [6.45, 7) is 0.638. The zero-order valence-electron chi connectivity index (χ0n) is 3.81. The van der Waals surface area contributed by atoms with Crippen LogP contribution in [0.4, 0.5) is 0 Å². The number of rotatable bonds is 3. The average molecular weight is 104 g/mol. The Balaban J connectivity index is 2.49. The number of methoxy groups -OCH3 is 1. The summed E-state index contributed by atoms with van der Waals surface area (Å²) in [5, 5.41) is 0. The van der Waals surface area contributed by atoms with Crippen LogP contribution in [-0.4, -0.2) is 23.1 Å². The third-order valence-corrected chi connectivity index (χ3v) is 0.911. The molecule has 0 aliphatic rings. The molecule has 0 fully saturated rings. The van der Waals surface area contributed by atoms with Gasteiger partial charge in [-0.3, -0.25) is 0 Å². The van der Waals surface area contributed by atoms with E-state index in [0.29, 0.717) is 6.61 Å². The fourth-order valence-electron chi connectivity index (χ4n) is 0.166. The molecule has 0 aliphatic heterocycles. The maximum atomic E-state index is 9.69.